The largest absolute Gasteiger partial charge is 0.416 e. The maximum atomic E-state index is 12.6. The van der Waals surface area contributed by atoms with Gasteiger partial charge in [-0.15, -0.1) is 0 Å². The Kier molecular flexibility index (Phi) is 5.27. The second-order valence-electron chi connectivity index (χ2n) is 6.81. The number of nitrogens with one attached hydrogen (secondary N) is 2. The standard InChI is InChI=1S/C21H18F3N3OS/c22-21(23,24)16-6-3-13(4-7-16)2-1-9-25-20-27-12-18(29-20)14-5-8-17-15(10-14)11-26-19(17)28/h3-8,10,12H,1-2,9,11H2,(H,25,27)(H,26,28). The van der Waals surface area contributed by atoms with Gasteiger partial charge in [0.1, 0.15) is 0 Å². The quantitative estimate of drug-likeness (QED) is 0.548. The number of anilines is 1. The van der Waals surface area contributed by atoms with Crippen LogP contribution in [-0.4, -0.2) is 17.4 Å². The summed E-state index contributed by atoms with van der Waals surface area (Å²) < 4.78 is 37.8. The number of aromatic nitrogens is 1. The molecule has 1 amide bonds. The molecule has 150 valence electrons. The molecule has 0 radical (unpaired) electrons. The highest BCUT2D eigenvalue weighted by Gasteiger charge is 2.29. The first kappa shape index (κ1) is 19.4. The molecule has 8 heteroatoms. The van der Waals surface area contributed by atoms with E-state index < -0.39 is 11.7 Å². The number of hydrogen-bond acceptors (Lipinski definition) is 4. The SMILES string of the molecule is O=C1NCc2cc(-c3cnc(NCCCc4ccc(C(F)(F)F)cc4)s3)ccc21. The van der Waals surface area contributed by atoms with Gasteiger partial charge in [0.15, 0.2) is 5.13 Å². The van der Waals surface area contributed by atoms with Gasteiger partial charge in [-0.3, -0.25) is 4.79 Å². The van der Waals surface area contributed by atoms with Crippen LogP contribution in [0.4, 0.5) is 18.3 Å². The molecule has 2 aromatic carbocycles. The maximum Gasteiger partial charge on any atom is 0.416 e. The van der Waals surface area contributed by atoms with Crippen molar-refractivity contribution in [2.45, 2.75) is 25.6 Å². The van der Waals surface area contributed by atoms with E-state index in [0.717, 1.165) is 50.8 Å². The lowest BCUT2D eigenvalue weighted by Crippen LogP contribution is -2.12. The zero-order valence-electron chi connectivity index (χ0n) is 15.3. The number of nitrogens with zero attached hydrogens (tertiary/aromatic N) is 1. The molecule has 4 rings (SSSR count). The lowest BCUT2D eigenvalue weighted by Gasteiger charge is -2.07. The summed E-state index contributed by atoms with van der Waals surface area (Å²) in [5.41, 5.74) is 2.99. The Labute approximate surface area is 169 Å². The average Bonchev–Trinajstić information content (AvgIpc) is 3.32. The van der Waals surface area contributed by atoms with E-state index >= 15 is 0 Å². The Hall–Kier alpha value is -2.87. The summed E-state index contributed by atoms with van der Waals surface area (Å²) in [5, 5.41) is 6.86. The molecule has 1 aliphatic rings. The predicted molar refractivity (Wildman–Crippen MR) is 107 cm³/mol. The molecule has 29 heavy (non-hydrogen) atoms. The first-order chi connectivity index (χ1) is 13.9. The Morgan fingerprint density at radius 2 is 1.93 bits per heavy atom. The third-order valence-electron chi connectivity index (χ3n) is 4.78. The molecular weight excluding hydrogens is 399 g/mol. The summed E-state index contributed by atoms with van der Waals surface area (Å²) in [6.07, 6.45) is -1.02. The van der Waals surface area contributed by atoms with Crippen LogP contribution in [0.1, 0.15) is 33.5 Å². The summed E-state index contributed by atoms with van der Waals surface area (Å²) in [5.74, 6) is -0.0359. The van der Waals surface area contributed by atoms with Gasteiger partial charge in [0.25, 0.3) is 5.91 Å². The van der Waals surface area contributed by atoms with E-state index in [1.807, 2.05) is 18.2 Å². The summed E-state index contributed by atoms with van der Waals surface area (Å²) in [4.78, 5) is 17.0. The minimum Gasteiger partial charge on any atom is -0.361 e. The van der Waals surface area contributed by atoms with Crippen molar-refractivity contribution in [3.05, 3.63) is 70.9 Å². The number of rotatable bonds is 6. The van der Waals surface area contributed by atoms with Crippen molar-refractivity contribution in [2.75, 3.05) is 11.9 Å². The zero-order chi connectivity index (χ0) is 20.4. The fourth-order valence-electron chi connectivity index (χ4n) is 3.22. The summed E-state index contributed by atoms with van der Waals surface area (Å²) >= 11 is 1.53. The molecule has 0 bridgehead atoms. The highest BCUT2D eigenvalue weighted by Crippen LogP contribution is 2.31. The van der Waals surface area contributed by atoms with Gasteiger partial charge in [0, 0.05) is 24.8 Å². The Bertz CT molecular complexity index is 1030. The number of hydrogen-bond donors (Lipinski definition) is 2. The van der Waals surface area contributed by atoms with Crippen LogP contribution in [0.5, 0.6) is 0 Å². The highest BCUT2D eigenvalue weighted by atomic mass is 32.1. The minimum atomic E-state index is -4.30. The van der Waals surface area contributed by atoms with E-state index in [0.29, 0.717) is 19.5 Å². The monoisotopic (exact) mass is 417 g/mol. The average molecular weight is 417 g/mol. The van der Waals surface area contributed by atoms with Crippen molar-refractivity contribution >= 4 is 22.4 Å². The minimum absolute atomic E-state index is 0.0359. The van der Waals surface area contributed by atoms with Crippen molar-refractivity contribution in [1.29, 1.82) is 0 Å². The fourth-order valence-corrected chi connectivity index (χ4v) is 4.06. The molecule has 0 spiro atoms. The Morgan fingerprint density at radius 1 is 1.14 bits per heavy atom. The van der Waals surface area contributed by atoms with E-state index in [1.165, 1.54) is 23.5 Å². The van der Waals surface area contributed by atoms with Crippen LogP contribution in [0.3, 0.4) is 0 Å². The smallest absolute Gasteiger partial charge is 0.361 e. The van der Waals surface area contributed by atoms with Gasteiger partial charge in [-0.1, -0.05) is 29.5 Å². The number of fused-ring (bicyclic) bond motifs is 1. The van der Waals surface area contributed by atoms with Crippen LogP contribution in [0.15, 0.2) is 48.7 Å². The van der Waals surface area contributed by atoms with Crippen molar-refractivity contribution in [3.8, 4) is 10.4 Å². The molecule has 4 nitrogen and oxygen atoms in total. The van der Waals surface area contributed by atoms with Gasteiger partial charge in [-0.2, -0.15) is 13.2 Å². The molecule has 0 saturated heterocycles. The van der Waals surface area contributed by atoms with Crippen LogP contribution in [0, 0.1) is 0 Å². The van der Waals surface area contributed by atoms with Gasteiger partial charge in [0.05, 0.1) is 10.4 Å². The molecule has 1 aromatic heterocycles. The van der Waals surface area contributed by atoms with Gasteiger partial charge < -0.3 is 10.6 Å². The third-order valence-corrected chi connectivity index (χ3v) is 5.78. The first-order valence-corrected chi connectivity index (χ1v) is 9.99. The third kappa shape index (κ3) is 4.42. The molecule has 0 fully saturated rings. The van der Waals surface area contributed by atoms with Crippen LogP contribution in [0.2, 0.25) is 0 Å². The molecule has 0 aliphatic carbocycles. The van der Waals surface area contributed by atoms with Gasteiger partial charge in [-0.05, 0) is 53.8 Å². The second-order valence-corrected chi connectivity index (χ2v) is 7.84. The first-order valence-electron chi connectivity index (χ1n) is 9.17. The van der Waals surface area contributed by atoms with E-state index in [4.69, 9.17) is 0 Å². The second kappa shape index (κ2) is 7.87. The van der Waals surface area contributed by atoms with Crippen molar-refractivity contribution in [1.82, 2.24) is 10.3 Å². The van der Waals surface area contributed by atoms with E-state index in [2.05, 4.69) is 15.6 Å². The molecule has 1 aliphatic heterocycles. The fraction of sp³-hybridized carbons (Fsp3) is 0.238. The van der Waals surface area contributed by atoms with Gasteiger partial charge in [0.2, 0.25) is 0 Å². The lowest BCUT2D eigenvalue weighted by atomic mass is 10.1. The molecule has 0 atom stereocenters. The van der Waals surface area contributed by atoms with Gasteiger partial charge in [-0.25, -0.2) is 4.98 Å². The zero-order valence-corrected chi connectivity index (χ0v) is 16.2. The van der Waals surface area contributed by atoms with Crippen LogP contribution in [0.25, 0.3) is 10.4 Å². The molecule has 2 heterocycles. The van der Waals surface area contributed by atoms with E-state index in [1.54, 1.807) is 6.20 Å². The highest BCUT2D eigenvalue weighted by molar-refractivity contribution is 7.18. The van der Waals surface area contributed by atoms with Crippen molar-refractivity contribution in [2.24, 2.45) is 0 Å². The number of carbonyl (C=O) groups excluding carboxylic acids is 1. The number of benzene rings is 2. The maximum absolute atomic E-state index is 12.6. The summed E-state index contributed by atoms with van der Waals surface area (Å²) in [6.45, 7) is 1.23. The van der Waals surface area contributed by atoms with E-state index in [-0.39, 0.29) is 5.91 Å². The number of amides is 1. The number of alkyl halides is 3. The topological polar surface area (TPSA) is 54.0 Å². The summed E-state index contributed by atoms with van der Waals surface area (Å²) in [6, 6.07) is 11.1. The normalized spacial score (nSPS) is 13.3. The Morgan fingerprint density at radius 3 is 2.69 bits per heavy atom. The lowest BCUT2D eigenvalue weighted by molar-refractivity contribution is -0.137. The van der Waals surface area contributed by atoms with Gasteiger partial charge >= 0.3 is 6.18 Å². The molecule has 0 saturated carbocycles. The van der Waals surface area contributed by atoms with Crippen LogP contribution in [-0.2, 0) is 19.1 Å². The molecule has 0 unspecified atom stereocenters. The number of halogens is 3. The van der Waals surface area contributed by atoms with Crippen molar-refractivity contribution < 1.29 is 18.0 Å². The van der Waals surface area contributed by atoms with Crippen LogP contribution >= 0.6 is 11.3 Å². The molecular formula is C21H18F3N3OS. The Balaban J connectivity index is 1.29. The molecule has 2 N–H and O–H groups in total. The number of thiazole rings is 1. The van der Waals surface area contributed by atoms with Crippen molar-refractivity contribution in [3.63, 3.8) is 0 Å². The number of aryl methyl sites for hydroxylation is 1. The summed E-state index contributed by atoms with van der Waals surface area (Å²) in [7, 11) is 0. The number of carbonyl (C=O) groups is 1. The van der Waals surface area contributed by atoms with E-state index in [9.17, 15) is 18.0 Å². The van der Waals surface area contributed by atoms with Crippen LogP contribution < -0.4 is 10.6 Å². The predicted octanol–water partition coefficient (Wildman–Crippen LogP) is 5.12. The molecule has 3 aromatic rings.